The van der Waals surface area contributed by atoms with Crippen molar-refractivity contribution in [3.05, 3.63) is 18.0 Å². The van der Waals surface area contributed by atoms with Crippen LogP contribution in [0.3, 0.4) is 0 Å². The van der Waals surface area contributed by atoms with Gasteiger partial charge in [-0.2, -0.15) is 0 Å². The second-order valence-corrected chi connectivity index (χ2v) is 2.66. The molecule has 0 atom stereocenters. The summed E-state index contributed by atoms with van der Waals surface area (Å²) >= 11 is 0. The summed E-state index contributed by atoms with van der Waals surface area (Å²) in [5, 5.41) is 3.71. The normalized spacial score (nSPS) is 9.53. The van der Waals surface area contributed by atoms with Crippen LogP contribution in [0.4, 0.5) is 0 Å². The molecule has 1 rings (SSSR count). The van der Waals surface area contributed by atoms with E-state index in [1.807, 2.05) is 13.8 Å². The van der Waals surface area contributed by atoms with Crippen molar-refractivity contribution in [3.63, 3.8) is 0 Å². The Morgan fingerprint density at radius 1 is 1.20 bits per heavy atom. The summed E-state index contributed by atoms with van der Waals surface area (Å²) in [5.74, 6) is 0. The summed E-state index contributed by atoms with van der Waals surface area (Å²) in [6.45, 7) is 8.62. The molecule has 0 aliphatic carbocycles. The lowest BCUT2D eigenvalue weighted by Crippen LogP contribution is -2.04. The first-order chi connectivity index (χ1) is 7.43. The van der Waals surface area contributed by atoms with Gasteiger partial charge in [0.2, 0.25) is 0 Å². The number of aromatic nitrogens is 1. The van der Waals surface area contributed by atoms with Crippen molar-refractivity contribution in [1.29, 1.82) is 0 Å². The molecule has 0 aromatic carbocycles. The molecular formula is C11H21NO3. The summed E-state index contributed by atoms with van der Waals surface area (Å²) in [6, 6.07) is 1.78. The van der Waals surface area contributed by atoms with Crippen LogP contribution < -0.4 is 0 Å². The van der Waals surface area contributed by atoms with Crippen LogP contribution in [0.25, 0.3) is 0 Å². The van der Waals surface area contributed by atoms with Crippen LogP contribution in [0, 0.1) is 0 Å². The Morgan fingerprint density at radius 2 is 1.93 bits per heavy atom. The van der Waals surface area contributed by atoms with E-state index in [9.17, 15) is 0 Å². The molecular weight excluding hydrogens is 194 g/mol. The molecule has 0 radical (unpaired) electrons. The fraction of sp³-hybridized carbons (Fsp3) is 0.727. The molecule has 0 aliphatic rings. The van der Waals surface area contributed by atoms with Crippen LogP contribution in [0.15, 0.2) is 16.9 Å². The third-order valence-electron chi connectivity index (χ3n) is 1.46. The maximum absolute atomic E-state index is 5.28. The fourth-order valence-electron chi connectivity index (χ4n) is 0.853. The van der Waals surface area contributed by atoms with Crippen molar-refractivity contribution in [2.24, 2.45) is 0 Å². The highest BCUT2D eigenvalue weighted by Gasteiger charge is 1.95. The van der Waals surface area contributed by atoms with E-state index in [-0.39, 0.29) is 0 Å². The van der Waals surface area contributed by atoms with E-state index in [2.05, 4.69) is 16.6 Å². The van der Waals surface area contributed by atoms with Crippen molar-refractivity contribution in [2.75, 3.05) is 19.8 Å². The van der Waals surface area contributed by atoms with Gasteiger partial charge in [-0.3, -0.25) is 0 Å². The highest BCUT2D eigenvalue weighted by atomic mass is 16.5. The minimum Gasteiger partial charge on any atom is -0.379 e. The molecule has 0 amide bonds. The molecule has 4 heteroatoms. The predicted octanol–water partition coefficient (Wildman–Crippen LogP) is 2.64. The quantitative estimate of drug-likeness (QED) is 0.656. The SMILES string of the molecule is CC.CCCOCCOCc1ccon1. The first kappa shape index (κ1) is 14.1. The van der Waals surface area contributed by atoms with E-state index in [1.165, 1.54) is 6.26 Å². The Morgan fingerprint density at radius 3 is 2.53 bits per heavy atom. The summed E-state index contributed by atoms with van der Waals surface area (Å²) in [5.41, 5.74) is 0.815. The molecule has 15 heavy (non-hydrogen) atoms. The van der Waals surface area contributed by atoms with Gasteiger partial charge in [0.25, 0.3) is 0 Å². The maximum atomic E-state index is 5.28. The van der Waals surface area contributed by atoms with Crippen molar-refractivity contribution < 1.29 is 14.0 Å². The smallest absolute Gasteiger partial charge is 0.124 e. The third kappa shape index (κ3) is 8.15. The fourth-order valence-corrected chi connectivity index (χ4v) is 0.853. The molecule has 0 unspecified atom stereocenters. The highest BCUT2D eigenvalue weighted by molar-refractivity contribution is 4.92. The Balaban J connectivity index is 0.000000921. The molecule has 0 spiro atoms. The van der Waals surface area contributed by atoms with Gasteiger partial charge >= 0.3 is 0 Å². The van der Waals surface area contributed by atoms with E-state index in [1.54, 1.807) is 6.07 Å². The Bertz CT molecular complexity index is 200. The summed E-state index contributed by atoms with van der Waals surface area (Å²) in [6.07, 6.45) is 2.58. The van der Waals surface area contributed by atoms with Crippen molar-refractivity contribution >= 4 is 0 Å². The van der Waals surface area contributed by atoms with E-state index >= 15 is 0 Å². The Hall–Kier alpha value is -0.870. The number of hydrogen-bond acceptors (Lipinski definition) is 4. The van der Waals surface area contributed by atoms with Gasteiger partial charge in [0, 0.05) is 12.7 Å². The van der Waals surface area contributed by atoms with Gasteiger partial charge in [0.15, 0.2) is 0 Å². The van der Waals surface area contributed by atoms with Crippen LogP contribution in [0.1, 0.15) is 32.9 Å². The van der Waals surface area contributed by atoms with Crippen LogP contribution >= 0.6 is 0 Å². The zero-order valence-corrected chi connectivity index (χ0v) is 9.86. The number of rotatable bonds is 7. The summed E-state index contributed by atoms with van der Waals surface area (Å²) in [4.78, 5) is 0. The minimum atomic E-state index is 0.492. The van der Waals surface area contributed by atoms with Gasteiger partial charge < -0.3 is 14.0 Å². The van der Waals surface area contributed by atoms with Crippen LogP contribution in [-0.2, 0) is 16.1 Å². The van der Waals surface area contributed by atoms with Gasteiger partial charge in [-0.05, 0) is 6.42 Å². The zero-order valence-electron chi connectivity index (χ0n) is 9.86. The molecule has 0 saturated carbocycles. The summed E-state index contributed by atoms with van der Waals surface area (Å²) in [7, 11) is 0. The minimum absolute atomic E-state index is 0.492. The second-order valence-electron chi connectivity index (χ2n) is 2.66. The van der Waals surface area contributed by atoms with E-state index in [0.717, 1.165) is 18.7 Å². The van der Waals surface area contributed by atoms with E-state index < -0.39 is 0 Å². The third-order valence-corrected chi connectivity index (χ3v) is 1.46. The number of hydrogen-bond donors (Lipinski definition) is 0. The zero-order chi connectivity index (χ0) is 11.4. The van der Waals surface area contributed by atoms with Crippen molar-refractivity contribution in [3.8, 4) is 0 Å². The molecule has 1 heterocycles. The standard InChI is InChI=1S/C9H15NO3.C2H6/c1-2-4-11-6-7-12-8-9-3-5-13-10-9;1-2/h3,5H,2,4,6-8H2,1H3;1-2H3. The number of ether oxygens (including phenoxy) is 2. The number of nitrogens with zero attached hydrogens (tertiary/aromatic N) is 1. The molecule has 0 saturated heterocycles. The molecule has 0 aliphatic heterocycles. The van der Waals surface area contributed by atoms with E-state index in [4.69, 9.17) is 9.47 Å². The molecule has 1 aromatic rings. The average molecular weight is 215 g/mol. The van der Waals surface area contributed by atoms with Crippen LogP contribution in [0.2, 0.25) is 0 Å². The molecule has 0 bridgehead atoms. The Labute approximate surface area is 91.5 Å². The largest absolute Gasteiger partial charge is 0.379 e. The summed E-state index contributed by atoms with van der Waals surface area (Å²) < 4.78 is 15.2. The topological polar surface area (TPSA) is 44.5 Å². The first-order valence-corrected chi connectivity index (χ1v) is 5.48. The first-order valence-electron chi connectivity index (χ1n) is 5.48. The highest BCUT2D eigenvalue weighted by Crippen LogP contribution is 1.96. The van der Waals surface area contributed by atoms with Gasteiger partial charge in [0.1, 0.15) is 12.0 Å². The van der Waals surface area contributed by atoms with Crippen molar-refractivity contribution in [1.82, 2.24) is 5.16 Å². The Kier molecular flexibility index (Phi) is 10.6. The molecule has 88 valence electrons. The lowest BCUT2D eigenvalue weighted by molar-refractivity contribution is 0.0389. The molecule has 0 fully saturated rings. The lowest BCUT2D eigenvalue weighted by Gasteiger charge is -2.02. The monoisotopic (exact) mass is 215 g/mol. The maximum Gasteiger partial charge on any atom is 0.124 e. The predicted molar refractivity (Wildman–Crippen MR) is 58.6 cm³/mol. The van der Waals surface area contributed by atoms with E-state index in [0.29, 0.717) is 19.8 Å². The lowest BCUT2D eigenvalue weighted by atomic mass is 10.5. The van der Waals surface area contributed by atoms with Crippen LogP contribution in [0.5, 0.6) is 0 Å². The van der Waals surface area contributed by atoms with Gasteiger partial charge in [-0.1, -0.05) is 25.9 Å². The molecule has 0 N–H and O–H groups in total. The second kappa shape index (κ2) is 11.2. The van der Waals surface area contributed by atoms with Crippen molar-refractivity contribution in [2.45, 2.75) is 33.8 Å². The van der Waals surface area contributed by atoms with Gasteiger partial charge in [-0.25, -0.2) is 0 Å². The van der Waals surface area contributed by atoms with Gasteiger partial charge in [-0.15, -0.1) is 0 Å². The molecule has 1 aromatic heterocycles. The molecule has 4 nitrogen and oxygen atoms in total. The average Bonchev–Trinajstić information content (AvgIpc) is 2.79. The van der Waals surface area contributed by atoms with Gasteiger partial charge in [0.05, 0.1) is 19.8 Å². The van der Waals surface area contributed by atoms with Crippen LogP contribution in [-0.4, -0.2) is 25.0 Å².